The molecule has 1 aliphatic carbocycles. The van der Waals surface area contributed by atoms with Crippen LogP contribution in [0.25, 0.3) is 22.0 Å². The number of aryl methyl sites for hydroxylation is 1. The summed E-state index contributed by atoms with van der Waals surface area (Å²) in [6, 6.07) is 0.657. The predicted molar refractivity (Wildman–Crippen MR) is 103 cm³/mol. The first-order valence-electron chi connectivity index (χ1n) is 9.50. The van der Waals surface area contributed by atoms with Crippen LogP contribution in [0, 0.1) is 24.4 Å². The monoisotopic (exact) mass is 457 g/mol. The molecule has 1 aliphatic rings. The van der Waals surface area contributed by atoms with E-state index in [0.717, 1.165) is 6.20 Å². The molecule has 11 heteroatoms. The highest BCUT2D eigenvalue weighted by Crippen LogP contribution is 2.53. The number of rotatable bonds is 1. The third-order valence-electron chi connectivity index (χ3n) is 5.89. The van der Waals surface area contributed by atoms with Crippen molar-refractivity contribution in [3.05, 3.63) is 46.7 Å². The number of hydrogen-bond acceptors (Lipinski definition) is 5. The van der Waals surface area contributed by atoms with E-state index >= 15 is 0 Å². The molecule has 2 aromatic carbocycles. The number of phenols is 1. The number of anilines is 1. The maximum Gasteiger partial charge on any atom is 0.417 e. The highest BCUT2D eigenvalue weighted by Gasteiger charge is 2.57. The summed E-state index contributed by atoms with van der Waals surface area (Å²) in [6.07, 6.45) is -5.84. The summed E-state index contributed by atoms with van der Waals surface area (Å²) in [6.45, 7) is 2.70. The van der Waals surface area contributed by atoms with Gasteiger partial charge in [0.05, 0.1) is 5.69 Å². The number of hydrogen-bond donors (Lipinski definition) is 3. The number of nitrogens with zero attached hydrogens (tertiary/aromatic N) is 2. The quantitative estimate of drug-likeness (QED) is 0.365. The van der Waals surface area contributed by atoms with Gasteiger partial charge in [0.25, 0.3) is 0 Å². The molecule has 4 N–H and O–H groups in total. The molecule has 0 aliphatic heterocycles. The van der Waals surface area contributed by atoms with Crippen LogP contribution in [-0.2, 0) is 6.42 Å². The first-order chi connectivity index (χ1) is 14.8. The molecule has 0 amide bonds. The Morgan fingerprint density at radius 1 is 1.19 bits per heavy atom. The number of aliphatic hydroxyl groups is 1. The van der Waals surface area contributed by atoms with Crippen molar-refractivity contribution in [2.24, 2.45) is 0 Å². The largest absolute Gasteiger partial charge is 0.505 e. The minimum atomic E-state index is -5.05. The molecule has 2 atom stereocenters. The van der Waals surface area contributed by atoms with Crippen LogP contribution in [0.2, 0.25) is 0 Å². The van der Waals surface area contributed by atoms with Gasteiger partial charge in [0.2, 0.25) is 0 Å². The molecule has 1 heterocycles. The molecule has 32 heavy (non-hydrogen) atoms. The second-order valence-corrected chi connectivity index (χ2v) is 8.05. The number of alkyl halides is 3. The van der Waals surface area contributed by atoms with Gasteiger partial charge in [0, 0.05) is 29.1 Å². The molecule has 0 radical (unpaired) electrons. The summed E-state index contributed by atoms with van der Waals surface area (Å²) in [4.78, 5) is 7.76. The van der Waals surface area contributed by atoms with Gasteiger partial charge in [-0.05, 0) is 36.5 Å². The molecular formula is C21H17F6N3O2. The van der Waals surface area contributed by atoms with Gasteiger partial charge in [-0.15, -0.1) is 0 Å². The zero-order chi connectivity index (χ0) is 23.7. The van der Waals surface area contributed by atoms with Gasteiger partial charge in [-0.25, -0.2) is 23.1 Å². The molecular weight excluding hydrogens is 440 g/mol. The van der Waals surface area contributed by atoms with Crippen molar-refractivity contribution in [2.45, 2.75) is 44.4 Å². The lowest BCUT2D eigenvalue weighted by Crippen LogP contribution is -2.50. The SMILES string of the molecule is Cc1ncc2c(-c3c(N)c(F)c(O)c4c3CC(O)(C(F)(F)F)CC4C)cc(F)c(F)c2n1. The highest BCUT2D eigenvalue weighted by molar-refractivity contribution is 5.99. The van der Waals surface area contributed by atoms with Gasteiger partial charge in [-0.2, -0.15) is 13.2 Å². The minimum absolute atomic E-state index is 0.0971. The molecule has 0 saturated carbocycles. The summed E-state index contributed by atoms with van der Waals surface area (Å²) >= 11 is 0. The van der Waals surface area contributed by atoms with Crippen LogP contribution in [0.5, 0.6) is 5.75 Å². The van der Waals surface area contributed by atoms with Crippen LogP contribution in [-0.4, -0.2) is 32.0 Å². The van der Waals surface area contributed by atoms with Crippen LogP contribution in [0.3, 0.4) is 0 Å². The Morgan fingerprint density at radius 3 is 2.47 bits per heavy atom. The number of aromatic nitrogens is 2. The van der Waals surface area contributed by atoms with Gasteiger partial charge in [-0.3, -0.25) is 0 Å². The number of aromatic hydroxyl groups is 1. The minimum Gasteiger partial charge on any atom is -0.505 e. The summed E-state index contributed by atoms with van der Waals surface area (Å²) in [5, 5.41) is 20.6. The maximum atomic E-state index is 14.8. The zero-order valence-electron chi connectivity index (χ0n) is 16.8. The lowest BCUT2D eigenvalue weighted by atomic mass is 9.71. The fourth-order valence-corrected chi connectivity index (χ4v) is 4.43. The van der Waals surface area contributed by atoms with E-state index in [1.165, 1.54) is 13.8 Å². The predicted octanol–water partition coefficient (Wildman–Crippen LogP) is 4.65. The van der Waals surface area contributed by atoms with Crippen LogP contribution in [0.1, 0.15) is 36.2 Å². The number of benzene rings is 2. The molecule has 2 unspecified atom stereocenters. The Hall–Kier alpha value is -3.08. The Kier molecular flexibility index (Phi) is 4.81. The second kappa shape index (κ2) is 6.96. The Balaban J connectivity index is 2.14. The molecule has 1 aromatic heterocycles. The molecule has 0 spiro atoms. The third kappa shape index (κ3) is 3.06. The molecule has 5 nitrogen and oxygen atoms in total. The summed E-state index contributed by atoms with van der Waals surface area (Å²) < 4.78 is 84.7. The van der Waals surface area contributed by atoms with Crippen molar-refractivity contribution in [1.29, 1.82) is 0 Å². The van der Waals surface area contributed by atoms with E-state index in [1.807, 2.05) is 0 Å². The summed E-state index contributed by atoms with van der Waals surface area (Å²) in [5.41, 5.74) is 0.248. The number of nitrogens with two attached hydrogens (primary N) is 1. The van der Waals surface area contributed by atoms with E-state index in [2.05, 4.69) is 9.97 Å². The smallest absolute Gasteiger partial charge is 0.417 e. The van der Waals surface area contributed by atoms with Gasteiger partial charge in [-0.1, -0.05) is 6.92 Å². The zero-order valence-corrected chi connectivity index (χ0v) is 16.8. The average Bonchev–Trinajstić information content (AvgIpc) is 2.68. The Bertz CT molecular complexity index is 1280. The fraction of sp³-hybridized carbons (Fsp3) is 0.333. The maximum absolute atomic E-state index is 14.8. The molecule has 0 bridgehead atoms. The van der Waals surface area contributed by atoms with Crippen molar-refractivity contribution < 1.29 is 36.6 Å². The fourth-order valence-electron chi connectivity index (χ4n) is 4.43. The van der Waals surface area contributed by atoms with Gasteiger partial charge in [0.1, 0.15) is 11.3 Å². The van der Waals surface area contributed by atoms with Gasteiger partial charge >= 0.3 is 6.18 Å². The topological polar surface area (TPSA) is 92.3 Å². The molecule has 3 aromatic rings. The van der Waals surface area contributed by atoms with Gasteiger partial charge in [0.15, 0.2) is 28.8 Å². The standard InChI is InChI=1S/C21H17F6N3O2/c1-7-4-20(32,21(25,26)27)5-10-13(7)19(31)16(24)17(28)14(10)9-3-12(22)15(23)18-11(9)6-29-8(2)30-18/h3,6-7,31-32H,4-5,28H2,1-2H3. The molecule has 0 fully saturated rings. The third-order valence-corrected chi connectivity index (χ3v) is 5.89. The lowest BCUT2D eigenvalue weighted by molar-refractivity contribution is -0.265. The van der Waals surface area contributed by atoms with E-state index in [-0.39, 0.29) is 33.5 Å². The van der Waals surface area contributed by atoms with Gasteiger partial charge < -0.3 is 15.9 Å². The van der Waals surface area contributed by atoms with E-state index in [4.69, 9.17) is 5.73 Å². The first kappa shape index (κ1) is 22.1. The van der Waals surface area contributed by atoms with E-state index < -0.39 is 64.9 Å². The number of nitrogen functional groups attached to an aromatic ring is 1. The van der Waals surface area contributed by atoms with Crippen LogP contribution in [0.4, 0.5) is 32.0 Å². The first-order valence-corrected chi connectivity index (χ1v) is 9.50. The summed E-state index contributed by atoms with van der Waals surface area (Å²) in [5.74, 6) is -6.00. The normalized spacial score (nSPS) is 21.1. The second-order valence-electron chi connectivity index (χ2n) is 8.05. The van der Waals surface area contributed by atoms with E-state index in [1.54, 1.807) is 0 Å². The average molecular weight is 457 g/mol. The van der Waals surface area contributed by atoms with Crippen molar-refractivity contribution >= 4 is 16.6 Å². The number of phenolic OH excluding ortho intramolecular Hbond substituents is 1. The lowest BCUT2D eigenvalue weighted by Gasteiger charge is -2.39. The number of halogens is 6. The van der Waals surface area contributed by atoms with Crippen LogP contribution >= 0.6 is 0 Å². The molecule has 4 rings (SSSR count). The van der Waals surface area contributed by atoms with Crippen molar-refractivity contribution in [1.82, 2.24) is 9.97 Å². The van der Waals surface area contributed by atoms with Crippen molar-refractivity contribution in [3.63, 3.8) is 0 Å². The molecule has 0 saturated heterocycles. The highest BCUT2D eigenvalue weighted by atomic mass is 19.4. The van der Waals surface area contributed by atoms with Crippen LogP contribution < -0.4 is 5.73 Å². The van der Waals surface area contributed by atoms with Crippen molar-refractivity contribution in [2.75, 3.05) is 5.73 Å². The van der Waals surface area contributed by atoms with E-state index in [0.29, 0.717) is 6.07 Å². The number of fused-ring (bicyclic) bond motifs is 2. The Labute approximate surface area is 177 Å². The summed E-state index contributed by atoms with van der Waals surface area (Å²) in [7, 11) is 0. The van der Waals surface area contributed by atoms with E-state index in [9.17, 15) is 36.6 Å². The molecule has 170 valence electrons. The van der Waals surface area contributed by atoms with Crippen LogP contribution in [0.15, 0.2) is 12.3 Å². The van der Waals surface area contributed by atoms with Crippen molar-refractivity contribution in [3.8, 4) is 16.9 Å². The Morgan fingerprint density at radius 2 is 1.84 bits per heavy atom.